The Balaban J connectivity index is 1.38. The second-order valence-electron chi connectivity index (χ2n) is 9.46. The third kappa shape index (κ3) is 4.90. The fourth-order valence-corrected chi connectivity index (χ4v) is 4.62. The molecular formula is C28H29N5O4. The number of carbonyl (C=O) groups excluding carboxylic acids is 2. The molecule has 190 valence electrons. The van der Waals surface area contributed by atoms with Crippen LogP contribution < -0.4 is 10.9 Å². The Hall–Kier alpha value is -4.24. The number of esters is 1. The van der Waals surface area contributed by atoms with Crippen LogP contribution in [0.4, 0.5) is 5.82 Å². The minimum absolute atomic E-state index is 0.209. The summed E-state index contributed by atoms with van der Waals surface area (Å²) in [7, 11) is 0. The molecule has 0 radical (unpaired) electrons. The van der Waals surface area contributed by atoms with Crippen molar-refractivity contribution in [1.29, 1.82) is 0 Å². The summed E-state index contributed by atoms with van der Waals surface area (Å²) in [6, 6.07) is 18.1. The molecule has 1 amide bonds. The number of benzene rings is 2. The van der Waals surface area contributed by atoms with Crippen LogP contribution in [-0.4, -0.2) is 50.2 Å². The highest BCUT2D eigenvalue weighted by Gasteiger charge is 2.29. The molecule has 4 aromatic rings. The van der Waals surface area contributed by atoms with Crippen LogP contribution in [0.25, 0.3) is 16.6 Å². The molecular weight excluding hydrogens is 470 g/mol. The lowest BCUT2D eigenvalue weighted by Crippen LogP contribution is -2.37. The Morgan fingerprint density at radius 2 is 1.78 bits per heavy atom. The summed E-state index contributed by atoms with van der Waals surface area (Å²) in [5.74, 6) is -0.912. The van der Waals surface area contributed by atoms with Crippen LogP contribution in [0.15, 0.2) is 65.5 Å². The summed E-state index contributed by atoms with van der Waals surface area (Å²) >= 11 is 0. The number of nitrogens with zero attached hydrogens (tertiary/aromatic N) is 3. The molecule has 2 aromatic carbocycles. The summed E-state index contributed by atoms with van der Waals surface area (Å²) in [5, 5.41) is 6.21. The van der Waals surface area contributed by atoms with Gasteiger partial charge in [0.15, 0.2) is 6.10 Å². The van der Waals surface area contributed by atoms with Crippen LogP contribution in [0.2, 0.25) is 0 Å². The van der Waals surface area contributed by atoms with E-state index >= 15 is 0 Å². The molecule has 1 aliphatic rings. The number of rotatable bonds is 6. The molecule has 0 saturated heterocycles. The van der Waals surface area contributed by atoms with Crippen molar-refractivity contribution >= 4 is 28.6 Å². The zero-order valence-electron chi connectivity index (χ0n) is 21.0. The van der Waals surface area contributed by atoms with E-state index in [4.69, 9.17) is 9.72 Å². The zero-order valence-corrected chi connectivity index (χ0v) is 21.0. The monoisotopic (exact) mass is 499 g/mol. The van der Waals surface area contributed by atoms with E-state index in [1.54, 1.807) is 12.1 Å². The SMILES string of the molecule is CC(OC(=O)c1c2c(nc3ccccc13)CCN(C(C)C)C2)C(=O)Nc1cc(=O)n(-c2ccccc2)[nH]1. The fraction of sp³-hybridized carbons (Fsp3) is 0.286. The molecule has 5 rings (SSSR count). The minimum atomic E-state index is -1.09. The highest BCUT2D eigenvalue weighted by Crippen LogP contribution is 2.29. The quantitative estimate of drug-likeness (QED) is 0.392. The first kappa shape index (κ1) is 24.5. The molecule has 1 unspecified atom stereocenters. The topological polar surface area (TPSA) is 109 Å². The van der Waals surface area contributed by atoms with Gasteiger partial charge in [0, 0.05) is 48.3 Å². The van der Waals surface area contributed by atoms with Gasteiger partial charge in [-0.1, -0.05) is 36.4 Å². The first-order chi connectivity index (χ1) is 17.8. The molecule has 0 fully saturated rings. The predicted molar refractivity (Wildman–Crippen MR) is 141 cm³/mol. The lowest BCUT2D eigenvalue weighted by atomic mass is 9.95. The van der Waals surface area contributed by atoms with Crippen molar-refractivity contribution in [3.8, 4) is 5.69 Å². The average Bonchev–Trinajstić information content (AvgIpc) is 3.26. The number of hydrogen-bond donors (Lipinski definition) is 2. The third-order valence-electron chi connectivity index (χ3n) is 6.66. The van der Waals surface area contributed by atoms with Gasteiger partial charge in [-0.2, -0.15) is 0 Å². The first-order valence-electron chi connectivity index (χ1n) is 12.4. The summed E-state index contributed by atoms with van der Waals surface area (Å²) < 4.78 is 6.99. The minimum Gasteiger partial charge on any atom is -0.449 e. The summed E-state index contributed by atoms with van der Waals surface area (Å²) in [5.41, 5.74) is 3.23. The van der Waals surface area contributed by atoms with Gasteiger partial charge < -0.3 is 10.1 Å². The first-order valence-corrected chi connectivity index (χ1v) is 12.4. The van der Waals surface area contributed by atoms with Crippen LogP contribution in [0.1, 0.15) is 42.4 Å². The van der Waals surface area contributed by atoms with Crippen LogP contribution in [0.5, 0.6) is 0 Å². The molecule has 2 aromatic heterocycles. The van der Waals surface area contributed by atoms with Crippen molar-refractivity contribution in [3.05, 3.63) is 87.8 Å². The molecule has 37 heavy (non-hydrogen) atoms. The van der Waals surface area contributed by atoms with Gasteiger partial charge in [-0.3, -0.25) is 24.6 Å². The van der Waals surface area contributed by atoms with E-state index in [0.29, 0.717) is 29.2 Å². The van der Waals surface area contributed by atoms with Gasteiger partial charge in [-0.25, -0.2) is 9.48 Å². The Bertz CT molecular complexity index is 1520. The van der Waals surface area contributed by atoms with E-state index in [9.17, 15) is 14.4 Å². The maximum absolute atomic E-state index is 13.5. The van der Waals surface area contributed by atoms with Crippen LogP contribution in [-0.2, 0) is 22.5 Å². The van der Waals surface area contributed by atoms with Gasteiger partial charge >= 0.3 is 5.97 Å². The van der Waals surface area contributed by atoms with Gasteiger partial charge in [-0.15, -0.1) is 0 Å². The van der Waals surface area contributed by atoms with Crippen LogP contribution >= 0.6 is 0 Å². The van der Waals surface area contributed by atoms with E-state index in [1.165, 1.54) is 17.7 Å². The Labute approximate surface area is 214 Å². The fourth-order valence-electron chi connectivity index (χ4n) is 4.62. The average molecular weight is 500 g/mol. The van der Waals surface area contributed by atoms with E-state index in [0.717, 1.165) is 29.7 Å². The lowest BCUT2D eigenvalue weighted by Gasteiger charge is -2.32. The highest BCUT2D eigenvalue weighted by atomic mass is 16.5. The molecule has 0 spiro atoms. The smallest absolute Gasteiger partial charge is 0.339 e. The molecule has 9 nitrogen and oxygen atoms in total. The number of fused-ring (bicyclic) bond motifs is 2. The number of aromatic nitrogens is 3. The number of H-pyrrole nitrogens is 1. The van der Waals surface area contributed by atoms with E-state index in [-0.39, 0.29) is 11.4 Å². The van der Waals surface area contributed by atoms with Crippen molar-refractivity contribution < 1.29 is 14.3 Å². The Morgan fingerprint density at radius 1 is 1.05 bits per heavy atom. The molecule has 2 N–H and O–H groups in total. The molecule has 1 aliphatic heterocycles. The number of anilines is 1. The number of nitrogens with one attached hydrogen (secondary N) is 2. The summed E-state index contributed by atoms with van der Waals surface area (Å²) in [4.78, 5) is 45.9. The number of carbonyl (C=O) groups is 2. The van der Waals surface area contributed by atoms with E-state index < -0.39 is 18.0 Å². The molecule has 0 saturated carbocycles. The Kier molecular flexibility index (Phi) is 6.62. The number of amides is 1. The summed E-state index contributed by atoms with van der Waals surface area (Å²) in [6.45, 7) is 7.21. The van der Waals surface area contributed by atoms with Crippen molar-refractivity contribution in [1.82, 2.24) is 19.7 Å². The summed E-state index contributed by atoms with van der Waals surface area (Å²) in [6.07, 6.45) is -0.357. The number of ether oxygens (including phenoxy) is 1. The molecule has 0 aliphatic carbocycles. The van der Waals surface area contributed by atoms with Crippen LogP contribution in [0, 0.1) is 0 Å². The molecule has 1 atom stereocenters. The van der Waals surface area contributed by atoms with Gasteiger partial charge in [0.2, 0.25) is 0 Å². The van der Waals surface area contributed by atoms with Crippen molar-refractivity contribution in [2.75, 3.05) is 11.9 Å². The van der Waals surface area contributed by atoms with Gasteiger partial charge in [-0.05, 0) is 39.0 Å². The van der Waals surface area contributed by atoms with Gasteiger partial charge in [0.25, 0.3) is 11.5 Å². The lowest BCUT2D eigenvalue weighted by molar-refractivity contribution is -0.123. The normalized spacial score (nSPS) is 14.4. The van der Waals surface area contributed by atoms with Gasteiger partial charge in [0.1, 0.15) is 5.82 Å². The van der Waals surface area contributed by atoms with Crippen LogP contribution in [0.3, 0.4) is 0 Å². The zero-order chi connectivity index (χ0) is 26.1. The van der Waals surface area contributed by atoms with Crippen molar-refractivity contribution in [2.24, 2.45) is 0 Å². The largest absolute Gasteiger partial charge is 0.449 e. The highest BCUT2D eigenvalue weighted by molar-refractivity contribution is 6.06. The number of para-hydroxylation sites is 2. The van der Waals surface area contributed by atoms with E-state index in [1.807, 2.05) is 42.5 Å². The standard InChI is InChI=1S/C28H29N5O4/c1-17(2)32-14-13-23-21(16-32)26(20-11-7-8-12-22(20)29-23)28(36)37-18(3)27(35)30-24-15-25(34)33(31-24)19-9-5-4-6-10-19/h4-12,15,17-18,31H,13-14,16H2,1-3H3,(H,30,35). The van der Waals surface area contributed by atoms with Gasteiger partial charge in [0.05, 0.1) is 16.8 Å². The second kappa shape index (κ2) is 10.0. The second-order valence-corrected chi connectivity index (χ2v) is 9.46. The predicted octanol–water partition coefficient (Wildman–Crippen LogP) is 3.66. The molecule has 3 heterocycles. The molecule has 9 heteroatoms. The number of pyridine rings is 1. The number of hydrogen-bond acceptors (Lipinski definition) is 6. The maximum Gasteiger partial charge on any atom is 0.339 e. The van der Waals surface area contributed by atoms with E-state index in [2.05, 4.69) is 29.2 Å². The maximum atomic E-state index is 13.5. The van der Waals surface area contributed by atoms with Crippen molar-refractivity contribution in [2.45, 2.75) is 45.9 Å². The third-order valence-corrected chi connectivity index (χ3v) is 6.66. The molecule has 0 bridgehead atoms. The van der Waals surface area contributed by atoms with Crippen molar-refractivity contribution in [3.63, 3.8) is 0 Å². The Morgan fingerprint density at radius 3 is 2.54 bits per heavy atom. The number of aromatic amines is 1.